The summed E-state index contributed by atoms with van der Waals surface area (Å²) < 4.78 is 11.0. The van der Waals surface area contributed by atoms with Gasteiger partial charge < -0.3 is 9.47 Å². The zero-order chi connectivity index (χ0) is 7.90. The van der Waals surface area contributed by atoms with Gasteiger partial charge in [0, 0.05) is 5.41 Å². The van der Waals surface area contributed by atoms with Gasteiger partial charge in [-0.15, -0.1) is 0 Å². The molecule has 1 atom stereocenters. The third kappa shape index (κ3) is 1.09. The molecule has 11 heavy (non-hydrogen) atoms. The smallest absolute Gasteiger partial charge is 0.0679 e. The molecule has 0 N–H and O–H groups in total. The van der Waals surface area contributed by atoms with E-state index in [1.54, 1.807) is 0 Å². The Morgan fingerprint density at radius 2 is 2.18 bits per heavy atom. The van der Waals surface area contributed by atoms with Gasteiger partial charge >= 0.3 is 0 Å². The summed E-state index contributed by atoms with van der Waals surface area (Å²) in [5, 5.41) is 0. The second kappa shape index (κ2) is 2.46. The summed E-state index contributed by atoms with van der Waals surface area (Å²) >= 11 is 0. The van der Waals surface area contributed by atoms with Gasteiger partial charge in [0.15, 0.2) is 0 Å². The zero-order valence-electron chi connectivity index (χ0n) is 7.30. The van der Waals surface area contributed by atoms with Gasteiger partial charge in [0.2, 0.25) is 0 Å². The summed E-state index contributed by atoms with van der Waals surface area (Å²) in [6.07, 6.45) is 3.42. The van der Waals surface area contributed by atoms with E-state index in [2.05, 4.69) is 13.8 Å². The average Bonchev–Trinajstić information content (AvgIpc) is 1.76. The van der Waals surface area contributed by atoms with E-state index >= 15 is 0 Å². The van der Waals surface area contributed by atoms with Crippen LogP contribution in [0.25, 0.3) is 0 Å². The van der Waals surface area contributed by atoms with E-state index in [1.165, 1.54) is 12.8 Å². The molecule has 0 aromatic rings. The Bertz CT molecular complexity index is 144. The van der Waals surface area contributed by atoms with Crippen LogP contribution in [0.15, 0.2) is 0 Å². The highest BCUT2D eigenvalue weighted by Crippen LogP contribution is 2.48. The molecule has 2 fully saturated rings. The van der Waals surface area contributed by atoms with Gasteiger partial charge in [-0.1, -0.05) is 0 Å². The van der Waals surface area contributed by atoms with Crippen molar-refractivity contribution < 1.29 is 9.47 Å². The molecule has 0 bridgehead atoms. The molecule has 2 heteroatoms. The Kier molecular flexibility index (Phi) is 1.69. The van der Waals surface area contributed by atoms with Crippen molar-refractivity contribution in [2.75, 3.05) is 13.2 Å². The fraction of sp³-hybridized carbons (Fsp3) is 1.00. The molecule has 2 rings (SSSR count). The summed E-state index contributed by atoms with van der Waals surface area (Å²) in [7, 11) is 0. The number of ether oxygens (including phenoxy) is 2. The fourth-order valence-corrected chi connectivity index (χ4v) is 1.91. The van der Waals surface area contributed by atoms with Gasteiger partial charge in [-0.05, 0) is 26.7 Å². The molecule has 1 aliphatic carbocycles. The second-order valence-corrected chi connectivity index (χ2v) is 4.07. The third-order valence-corrected chi connectivity index (χ3v) is 2.80. The molecule has 0 aromatic heterocycles. The van der Waals surface area contributed by atoms with Gasteiger partial charge in [-0.3, -0.25) is 0 Å². The maximum atomic E-state index is 5.76. The molecule has 1 saturated carbocycles. The molecule has 2 aliphatic rings. The molecule has 1 unspecified atom stereocenters. The van der Waals surface area contributed by atoms with E-state index in [0.717, 1.165) is 13.2 Å². The SMILES string of the molecule is CC(C)OC1CCC12COC2. The summed E-state index contributed by atoms with van der Waals surface area (Å²) in [6.45, 7) is 6.08. The summed E-state index contributed by atoms with van der Waals surface area (Å²) in [6, 6.07) is 0. The lowest BCUT2D eigenvalue weighted by Crippen LogP contribution is -2.59. The van der Waals surface area contributed by atoms with Crippen LogP contribution in [-0.4, -0.2) is 25.4 Å². The van der Waals surface area contributed by atoms with E-state index in [9.17, 15) is 0 Å². The maximum Gasteiger partial charge on any atom is 0.0679 e. The predicted molar refractivity (Wildman–Crippen MR) is 42.5 cm³/mol. The molecule has 1 aliphatic heterocycles. The molecule has 0 radical (unpaired) electrons. The topological polar surface area (TPSA) is 18.5 Å². The van der Waals surface area contributed by atoms with Gasteiger partial charge in [0.1, 0.15) is 0 Å². The fourth-order valence-electron chi connectivity index (χ4n) is 1.91. The van der Waals surface area contributed by atoms with Crippen LogP contribution >= 0.6 is 0 Å². The Morgan fingerprint density at radius 3 is 2.45 bits per heavy atom. The van der Waals surface area contributed by atoms with Gasteiger partial charge in [-0.2, -0.15) is 0 Å². The summed E-state index contributed by atoms with van der Waals surface area (Å²) in [4.78, 5) is 0. The minimum absolute atomic E-state index is 0.373. The maximum absolute atomic E-state index is 5.76. The summed E-state index contributed by atoms with van der Waals surface area (Å²) in [5.41, 5.74) is 0.449. The van der Waals surface area contributed by atoms with Gasteiger partial charge in [0.25, 0.3) is 0 Å². The monoisotopic (exact) mass is 156 g/mol. The van der Waals surface area contributed by atoms with Crippen LogP contribution in [0.5, 0.6) is 0 Å². The lowest BCUT2D eigenvalue weighted by Gasteiger charge is -2.54. The number of hydrogen-bond donors (Lipinski definition) is 0. The van der Waals surface area contributed by atoms with Crippen molar-refractivity contribution >= 4 is 0 Å². The molecule has 1 saturated heterocycles. The number of hydrogen-bond acceptors (Lipinski definition) is 2. The first-order valence-electron chi connectivity index (χ1n) is 4.46. The van der Waals surface area contributed by atoms with Crippen LogP contribution in [0.3, 0.4) is 0 Å². The quantitative estimate of drug-likeness (QED) is 0.604. The molecule has 0 aromatic carbocycles. The highest BCUT2D eigenvalue weighted by Gasteiger charge is 2.53. The second-order valence-electron chi connectivity index (χ2n) is 4.07. The zero-order valence-corrected chi connectivity index (χ0v) is 7.30. The molecule has 1 spiro atoms. The van der Waals surface area contributed by atoms with E-state index in [0.29, 0.717) is 17.6 Å². The largest absolute Gasteiger partial charge is 0.380 e. The minimum Gasteiger partial charge on any atom is -0.380 e. The van der Waals surface area contributed by atoms with Crippen LogP contribution < -0.4 is 0 Å². The van der Waals surface area contributed by atoms with E-state index in [1.807, 2.05) is 0 Å². The first-order valence-corrected chi connectivity index (χ1v) is 4.46. The lowest BCUT2D eigenvalue weighted by molar-refractivity contribution is -0.246. The summed E-state index contributed by atoms with van der Waals surface area (Å²) in [5.74, 6) is 0. The van der Waals surface area contributed by atoms with Crippen LogP contribution in [0.4, 0.5) is 0 Å². The van der Waals surface area contributed by atoms with Gasteiger partial charge in [-0.25, -0.2) is 0 Å². The van der Waals surface area contributed by atoms with Crippen molar-refractivity contribution in [2.24, 2.45) is 5.41 Å². The molecule has 2 nitrogen and oxygen atoms in total. The van der Waals surface area contributed by atoms with Crippen molar-refractivity contribution in [1.29, 1.82) is 0 Å². The molecule has 1 heterocycles. The van der Waals surface area contributed by atoms with Crippen LogP contribution in [0, 0.1) is 5.41 Å². The van der Waals surface area contributed by atoms with Gasteiger partial charge in [0.05, 0.1) is 25.4 Å². The highest BCUT2D eigenvalue weighted by atomic mass is 16.5. The lowest BCUT2D eigenvalue weighted by atomic mass is 9.64. The van der Waals surface area contributed by atoms with E-state index in [-0.39, 0.29) is 0 Å². The van der Waals surface area contributed by atoms with E-state index in [4.69, 9.17) is 9.47 Å². The Balaban J connectivity index is 1.86. The Hall–Kier alpha value is -0.0800. The standard InChI is InChI=1S/C9H16O2/c1-7(2)11-8-3-4-9(8)5-10-6-9/h7-8H,3-6H2,1-2H3. The van der Waals surface area contributed by atoms with Crippen molar-refractivity contribution in [3.05, 3.63) is 0 Å². The third-order valence-electron chi connectivity index (χ3n) is 2.80. The normalized spacial score (nSPS) is 33.5. The minimum atomic E-state index is 0.373. The van der Waals surface area contributed by atoms with Crippen LogP contribution in [-0.2, 0) is 9.47 Å². The highest BCUT2D eigenvalue weighted by molar-refractivity contribution is 5.01. The molecular weight excluding hydrogens is 140 g/mol. The van der Waals surface area contributed by atoms with Crippen molar-refractivity contribution in [2.45, 2.75) is 38.9 Å². The first-order chi connectivity index (χ1) is 5.23. The Labute approximate surface area is 67.9 Å². The van der Waals surface area contributed by atoms with Crippen molar-refractivity contribution in [3.8, 4) is 0 Å². The molecular formula is C9H16O2. The Morgan fingerprint density at radius 1 is 1.45 bits per heavy atom. The molecule has 64 valence electrons. The van der Waals surface area contributed by atoms with Crippen molar-refractivity contribution in [3.63, 3.8) is 0 Å². The van der Waals surface area contributed by atoms with Crippen LogP contribution in [0.1, 0.15) is 26.7 Å². The first kappa shape index (κ1) is 7.56. The van der Waals surface area contributed by atoms with E-state index < -0.39 is 0 Å². The number of rotatable bonds is 2. The predicted octanol–water partition coefficient (Wildman–Crippen LogP) is 1.59. The van der Waals surface area contributed by atoms with Crippen LogP contribution in [0.2, 0.25) is 0 Å². The molecule has 0 amide bonds. The average molecular weight is 156 g/mol. The van der Waals surface area contributed by atoms with Crippen molar-refractivity contribution in [1.82, 2.24) is 0 Å².